The smallest absolute Gasteiger partial charge is 0.305 e. The Kier molecular flexibility index (Phi) is 6.81. The Labute approximate surface area is 192 Å². The molecule has 11 atom stereocenters. The van der Waals surface area contributed by atoms with E-state index in [4.69, 9.17) is 10.5 Å². The summed E-state index contributed by atoms with van der Waals surface area (Å²) >= 11 is 0. The van der Waals surface area contributed by atoms with Gasteiger partial charge in [0.15, 0.2) is 0 Å². The number of nitrogens with two attached hydrogens (primary N) is 1. The van der Waals surface area contributed by atoms with E-state index in [9.17, 15) is 20.1 Å². The summed E-state index contributed by atoms with van der Waals surface area (Å²) in [5.74, 6) is 1.37. The molecule has 11 unspecified atom stereocenters. The van der Waals surface area contributed by atoms with Gasteiger partial charge in [0.1, 0.15) is 6.61 Å². The fourth-order valence-corrected chi connectivity index (χ4v) is 8.49. The van der Waals surface area contributed by atoms with Crippen LogP contribution in [0.5, 0.6) is 0 Å². The fraction of sp³-hybridized carbons (Fsp3) is 0.885. The van der Waals surface area contributed by atoms with Gasteiger partial charge in [-0.3, -0.25) is 4.79 Å². The maximum absolute atomic E-state index is 12.0. The largest absolute Gasteiger partial charge is 0.464 e. The van der Waals surface area contributed by atoms with E-state index in [0.717, 1.165) is 25.7 Å². The lowest BCUT2D eigenvalue weighted by Gasteiger charge is -2.62. The van der Waals surface area contributed by atoms with Crippen molar-refractivity contribution in [1.82, 2.24) is 0 Å². The molecule has 0 amide bonds. The number of esters is 1. The highest BCUT2D eigenvalue weighted by molar-refractivity contribution is 5.69. The van der Waals surface area contributed by atoms with Gasteiger partial charge in [-0.05, 0) is 84.9 Å². The van der Waals surface area contributed by atoms with Gasteiger partial charge in [-0.2, -0.15) is 0 Å². The average Bonchev–Trinajstić information content (AvgIpc) is 3.11. The molecule has 3 saturated carbocycles. The maximum atomic E-state index is 12.0. The summed E-state index contributed by atoms with van der Waals surface area (Å²) in [5.41, 5.74) is 5.09. The number of allylic oxidation sites excluding steroid dienone is 1. The average molecular weight is 450 g/mol. The Morgan fingerprint density at radius 3 is 2.62 bits per heavy atom. The van der Waals surface area contributed by atoms with E-state index in [0.29, 0.717) is 37.6 Å². The molecule has 6 heteroatoms. The number of carbonyl (C=O) groups excluding carboxylic acids is 1. The van der Waals surface area contributed by atoms with Crippen molar-refractivity contribution >= 4 is 5.97 Å². The lowest BCUT2D eigenvalue weighted by molar-refractivity contribution is -0.188. The molecule has 0 bridgehead atoms. The third kappa shape index (κ3) is 3.85. The number of hydrogen-bond donors (Lipinski definition) is 4. The zero-order chi connectivity index (χ0) is 23.3. The van der Waals surface area contributed by atoms with Gasteiger partial charge in [-0.25, -0.2) is 0 Å². The van der Waals surface area contributed by atoms with Crippen LogP contribution in [-0.2, 0) is 9.53 Å². The van der Waals surface area contributed by atoms with Crippen molar-refractivity contribution in [3.05, 3.63) is 12.2 Å². The first-order chi connectivity index (χ1) is 15.1. The molecule has 0 spiro atoms. The van der Waals surface area contributed by atoms with E-state index >= 15 is 0 Å². The summed E-state index contributed by atoms with van der Waals surface area (Å²) in [6, 6.07) is 0. The first kappa shape index (κ1) is 24.2. The molecule has 4 aliphatic rings. The molecule has 3 fully saturated rings. The standard InChI is InChI=1S/C26H43NO5/c1-15(4-7-23(31)32-11-10-27)18-5-6-19-24-20(14-22(30)26(18,19)3)25(2)9-8-17(28)12-16(25)13-21(24)29/h8-9,15-22,24,28-30H,4-7,10-14,27H2,1-3H3. The van der Waals surface area contributed by atoms with Gasteiger partial charge in [0.05, 0.1) is 18.3 Å². The predicted octanol–water partition coefficient (Wildman–Crippen LogP) is 2.64. The number of fused-ring (bicyclic) bond motifs is 5. The molecule has 182 valence electrons. The SMILES string of the molecule is CC(CCC(=O)OCCN)C1CCC2C3C(O)CC4CC(O)C=CC4(C)C3CC(O)C12C. The van der Waals surface area contributed by atoms with Gasteiger partial charge in [0, 0.05) is 13.0 Å². The highest BCUT2D eigenvalue weighted by Gasteiger charge is 2.65. The van der Waals surface area contributed by atoms with Gasteiger partial charge in [-0.15, -0.1) is 0 Å². The van der Waals surface area contributed by atoms with Crippen molar-refractivity contribution in [3.8, 4) is 0 Å². The Hall–Kier alpha value is -0.950. The number of aliphatic hydroxyl groups is 3. The van der Waals surface area contributed by atoms with Crippen molar-refractivity contribution in [3.63, 3.8) is 0 Å². The van der Waals surface area contributed by atoms with Crippen LogP contribution in [0, 0.1) is 46.3 Å². The van der Waals surface area contributed by atoms with Crippen molar-refractivity contribution in [2.45, 2.75) is 84.0 Å². The molecule has 0 aromatic carbocycles. The van der Waals surface area contributed by atoms with E-state index in [2.05, 4.69) is 26.8 Å². The second-order valence-corrected chi connectivity index (χ2v) is 11.6. The van der Waals surface area contributed by atoms with Crippen molar-refractivity contribution < 1.29 is 24.9 Å². The first-order valence-electron chi connectivity index (χ1n) is 12.7. The molecular weight excluding hydrogens is 406 g/mol. The molecule has 0 heterocycles. The number of ether oxygens (including phenoxy) is 1. The first-order valence-corrected chi connectivity index (χ1v) is 12.7. The maximum Gasteiger partial charge on any atom is 0.305 e. The van der Waals surface area contributed by atoms with E-state index in [1.165, 1.54) is 0 Å². The molecule has 4 aliphatic carbocycles. The summed E-state index contributed by atoms with van der Waals surface area (Å²) in [4.78, 5) is 12.0. The Morgan fingerprint density at radius 1 is 1.16 bits per heavy atom. The minimum absolute atomic E-state index is 0.0815. The molecular formula is C26H43NO5. The summed E-state index contributed by atoms with van der Waals surface area (Å²) in [6.07, 6.45) is 8.20. The molecule has 0 aromatic heterocycles. The molecule has 32 heavy (non-hydrogen) atoms. The van der Waals surface area contributed by atoms with Crippen LogP contribution in [0.25, 0.3) is 0 Å². The van der Waals surface area contributed by atoms with E-state index in [1.807, 2.05) is 6.08 Å². The summed E-state index contributed by atoms with van der Waals surface area (Å²) in [7, 11) is 0. The lowest BCUT2D eigenvalue weighted by Crippen LogP contribution is -2.61. The molecule has 6 nitrogen and oxygen atoms in total. The van der Waals surface area contributed by atoms with Crippen LogP contribution < -0.4 is 5.73 Å². The monoisotopic (exact) mass is 449 g/mol. The summed E-state index contributed by atoms with van der Waals surface area (Å²) in [5, 5.41) is 33.1. The second-order valence-electron chi connectivity index (χ2n) is 11.6. The Bertz CT molecular complexity index is 727. The second kappa shape index (κ2) is 9.01. The van der Waals surface area contributed by atoms with Crippen LogP contribution in [0.3, 0.4) is 0 Å². The van der Waals surface area contributed by atoms with Crippen LogP contribution in [0.2, 0.25) is 0 Å². The predicted molar refractivity (Wildman–Crippen MR) is 122 cm³/mol. The quantitative estimate of drug-likeness (QED) is 0.366. The highest BCUT2D eigenvalue weighted by atomic mass is 16.5. The Balaban J connectivity index is 1.53. The normalized spacial score (nSPS) is 48.5. The molecule has 4 rings (SSSR count). The minimum Gasteiger partial charge on any atom is -0.464 e. The van der Waals surface area contributed by atoms with Crippen molar-refractivity contribution in [2.75, 3.05) is 13.2 Å². The summed E-state index contributed by atoms with van der Waals surface area (Å²) < 4.78 is 5.14. The third-order valence-electron chi connectivity index (χ3n) is 10.2. The van der Waals surface area contributed by atoms with Gasteiger partial charge in [0.2, 0.25) is 0 Å². The zero-order valence-corrected chi connectivity index (χ0v) is 20.0. The van der Waals surface area contributed by atoms with Gasteiger partial charge >= 0.3 is 5.97 Å². The number of hydrogen-bond acceptors (Lipinski definition) is 6. The highest BCUT2D eigenvalue weighted by Crippen LogP contribution is 2.67. The molecule has 0 aromatic rings. The molecule has 0 radical (unpaired) electrons. The van der Waals surface area contributed by atoms with Gasteiger partial charge in [0.25, 0.3) is 0 Å². The minimum atomic E-state index is -0.427. The topological polar surface area (TPSA) is 113 Å². The fourth-order valence-electron chi connectivity index (χ4n) is 8.49. The number of rotatable bonds is 6. The van der Waals surface area contributed by atoms with Crippen LogP contribution in [-0.4, -0.2) is 52.8 Å². The van der Waals surface area contributed by atoms with Gasteiger partial charge in [-0.1, -0.05) is 32.9 Å². The van der Waals surface area contributed by atoms with Crippen molar-refractivity contribution in [1.29, 1.82) is 0 Å². The van der Waals surface area contributed by atoms with E-state index in [1.54, 1.807) is 0 Å². The zero-order valence-electron chi connectivity index (χ0n) is 20.0. The van der Waals surface area contributed by atoms with Crippen LogP contribution >= 0.6 is 0 Å². The number of carbonyl (C=O) groups is 1. The molecule has 5 N–H and O–H groups in total. The third-order valence-corrected chi connectivity index (χ3v) is 10.2. The van der Waals surface area contributed by atoms with Crippen LogP contribution in [0.1, 0.15) is 65.7 Å². The van der Waals surface area contributed by atoms with Gasteiger partial charge < -0.3 is 25.8 Å². The summed E-state index contributed by atoms with van der Waals surface area (Å²) in [6.45, 7) is 7.32. The molecule has 0 aliphatic heterocycles. The van der Waals surface area contributed by atoms with Crippen LogP contribution in [0.4, 0.5) is 0 Å². The van der Waals surface area contributed by atoms with E-state index in [-0.39, 0.29) is 53.2 Å². The lowest BCUT2D eigenvalue weighted by atomic mass is 9.44. The van der Waals surface area contributed by atoms with Crippen molar-refractivity contribution in [2.24, 2.45) is 52.1 Å². The molecule has 0 saturated heterocycles. The Morgan fingerprint density at radius 2 is 1.91 bits per heavy atom. The van der Waals surface area contributed by atoms with Crippen LogP contribution in [0.15, 0.2) is 12.2 Å². The van der Waals surface area contributed by atoms with E-state index < -0.39 is 12.2 Å². The number of aliphatic hydroxyl groups excluding tert-OH is 3.